The number of hydrogen-bond donors (Lipinski definition) is 0. The van der Waals surface area contributed by atoms with E-state index in [1.54, 1.807) is 42.7 Å². The SMILES string of the molecule is COc1ccc(C(=Cc2cc3c4c(c2)C(C)(C)c2cc(C=C(c5ccc(OC)cc5)c5ccc(OC)cc5)cc5c2N4c2c(cc(C=C(c4ccc(OC)cc4)c4ccc(OC)cc4)cc2C5(C)C)C3(C)C)c2ccc(OC)cc2)cc1. The lowest BCUT2D eigenvalue weighted by molar-refractivity contribution is 0.414. The molecule has 0 aromatic heterocycles. The minimum Gasteiger partial charge on any atom is -0.497 e. The van der Waals surface area contributed by atoms with Crippen molar-refractivity contribution in [3.05, 3.63) is 265 Å². The molecule has 0 atom stereocenters. The fraction of sp³-hybridized carbons (Fsp3) is 0.200. The van der Waals surface area contributed by atoms with Crippen LogP contribution in [0.2, 0.25) is 0 Å². The van der Waals surface area contributed by atoms with Gasteiger partial charge in [-0.2, -0.15) is 0 Å². The molecule has 0 fully saturated rings. The van der Waals surface area contributed by atoms with Crippen molar-refractivity contribution in [3.63, 3.8) is 0 Å². The smallest absolute Gasteiger partial charge is 0.118 e. The van der Waals surface area contributed by atoms with Gasteiger partial charge in [-0.1, -0.05) is 114 Å². The number of rotatable bonds is 15. The van der Waals surface area contributed by atoms with Gasteiger partial charge in [-0.15, -0.1) is 0 Å². The Bertz CT molecular complexity index is 3360. The first-order valence-electron chi connectivity index (χ1n) is 28.0. The van der Waals surface area contributed by atoms with E-state index in [1.807, 2.05) is 72.8 Å². The number of methoxy groups -OCH3 is 6. The summed E-state index contributed by atoms with van der Waals surface area (Å²) < 4.78 is 33.9. The molecule has 0 N–H and O–H groups in total. The molecule has 3 aliphatic heterocycles. The molecule has 9 aromatic rings. The van der Waals surface area contributed by atoms with Gasteiger partial charge in [-0.25, -0.2) is 0 Å². The Kier molecular flexibility index (Phi) is 13.5. The van der Waals surface area contributed by atoms with Crippen molar-refractivity contribution in [2.24, 2.45) is 0 Å². The molecule has 7 nitrogen and oxygen atoms in total. The average molecular weight is 1080 g/mol. The molecule has 3 aliphatic rings. The number of anilines is 3. The Hall–Kier alpha value is -9.20. The zero-order valence-corrected chi connectivity index (χ0v) is 48.9. The molecule has 12 rings (SSSR count). The van der Waals surface area contributed by atoms with Crippen LogP contribution in [-0.2, 0) is 16.2 Å². The number of nitrogens with zero attached hydrogens (tertiary/aromatic N) is 1. The van der Waals surface area contributed by atoms with Crippen LogP contribution in [0.15, 0.2) is 182 Å². The second-order valence-electron chi connectivity index (χ2n) is 23.1. The van der Waals surface area contributed by atoms with Crippen molar-refractivity contribution in [1.29, 1.82) is 0 Å². The summed E-state index contributed by atoms with van der Waals surface area (Å²) in [6, 6.07) is 65.1. The molecule has 3 heterocycles. The molecular formula is C75H69NO6. The van der Waals surface area contributed by atoms with Crippen LogP contribution in [0.4, 0.5) is 17.1 Å². The summed E-state index contributed by atoms with van der Waals surface area (Å²) >= 11 is 0. The third kappa shape index (κ3) is 9.09. The molecule has 410 valence electrons. The van der Waals surface area contributed by atoms with E-state index in [-0.39, 0.29) is 0 Å². The summed E-state index contributed by atoms with van der Waals surface area (Å²) in [5, 5.41) is 0. The van der Waals surface area contributed by atoms with Crippen molar-refractivity contribution in [2.75, 3.05) is 47.6 Å². The zero-order chi connectivity index (χ0) is 57.2. The van der Waals surface area contributed by atoms with E-state index >= 15 is 0 Å². The van der Waals surface area contributed by atoms with E-state index < -0.39 is 16.2 Å². The number of benzene rings is 9. The molecule has 0 radical (unpaired) electrons. The van der Waals surface area contributed by atoms with Gasteiger partial charge in [-0.3, -0.25) is 0 Å². The van der Waals surface area contributed by atoms with E-state index in [4.69, 9.17) is 28.4 Å². The normalized spacial score (nSPS) is 14.1. The van der Waals surface area contributed by atoms with E-state index in [9.17, 15) is 0 Å². The molecule has 9 aromatic carbocycles. The molecule has 0 saturated heterocycles. The molecule has 0 saturated carbocycles. The lowest BCUT2D eigenvalue weighted by Gasteiger charge is -2.55. The van der Waals surface area contributed by atoms with Crippen molar-refractivity contribution in [1.82, 2.24) is 0 Å². The summed E-state index contributed by atoms with van der Waals surface area (Å²) in [6.07, 6.45) is 7.12. The standard InChI is InChI=1S/C75H69NO6/c1-73(2)64-40-46(37-61(49-13-25-55(77-7)26-14-49)50-15-27-56(78-8)28-16-50)42-66-70(64)76-71-65(73)41-47(38-62(51-17-29-57(79-9)30-18-51)52-19-31-58(80-10)32-20-52)43-67(71)75(5,6)69-45-48(44-68(72(69)76)74(66,3)4)39-63(53-21-33-59(81-11)34-22-53)54-23-35-60(82-12)36-24-54/h13-45H,1-12H3. The minimum atomic E-state index is -0.450. The highest BCUT2D eigenvalue weighted by Gasteiger charge is 2.52. The van der Waals surface area contributed by atoms with Gasteiger partial charge in [0, 0.05) is 16.2 Å². The third-order valence-electron chi connectivity index (χ3n) is 17.4. The molecule has 82 heavy (non-hydrogen) atoms. The van der Waals surface area contributed by atoms with Crippen LogP contribution in [0, 0.1) is 0 Å². The van der Waals surface area contributed by atoms with Crippen molar-refractivity contribution < 1.29 is 28.4 Å². The maximum atomic E-state index is 5.66. The second-order valence-corrected chi connectivity index (χ2v) is 23.1. The lowest BCUT2D eigenvalue weighted by Crippen LogP contribution is -2.44. The van der Waals surface area contributed by atoms with E-state index in [0.717, 1.165) is 101 Å². The molecule has 7 heteroatoms. The predicted molar refractivity (Wildman–Crippen MR) is 336 cm³/mol. The Morgan fingerprint density at radius 1 is 0.268 bits per heavy atom. The summed E-state index contributed by atoms with van der Waals surface area (Å²) in [5.74, 6) is 4.86. The van der Waals surface area contributed by atoms with E-state index in [2.05, 4.69) is 174 Å². The van der Waals surface area contributed by atoms with Gasteiger partial charge >= 0.3 is 0 Å². The highest BCUT2D eigenvalue weighted by molar-refractivity contribution is 6.02. The van der Waals surface area contributed by atoms with Crippen molar-refractivity contribution >= 4 is 52.0 Å². The molecule has 0 amide bonds. The van der Waals surface area contributed by atoms with Crippen molar-refractivity contribution in [3.8, 4) is 34.5 Å². The van der Waals surface area contributed by atoms with Crippen LogP contribution >= 0.6 is 0 Å². The second kappa shape index (κ2) is 20.7. The maximum absolute atomic E-state index is 5.66. The highest BCUT2D eigenvalue weighted by Crippen LogP contribution is 2.67. The summed E-state index contributed by atoms with van der Waals surface area (Å²) in [6.45, 7) is 14.6. The van der Waals surface area contributed by atoms with Gasteiger partial charge in [0.2, 0.25) is 0 Å². The van der Waals surface area contributed by atoms with Crippen LogP contribution in [0.1, 0.15) is 125 Å². The topological polar surface area (TPSA) is 58.6 Å². The van der Waals surface area contributed by atoms with Gasteiger partial charge in [-0.05, 0) is 228 Å². The molecule has 0 aliphatic carbocycles. The monoisotopic (exact) mass is 1080 g/mol. The Morgan fingerprint density at radius 2 is 0.427 bits per heavy atom. The summed E-state index contributed by atoms with van der Waals surface area (Å²) in [4.78, 5) is 2.66. The quantitative estimate of drug-likeness (QED) is 0.0948. The molecule has 0 unspecified atom stereocenters. The Labute approximate surface area is 483 Å². The zero-order valence-electron chi connectivity index (χ0n) is 48.9. The van der Waals surface area contributed by atoms with Gasteiger partial charge in [0.1, 0.15) is 34.5 Å². The molecular weight excluding hydrogens is 1010 g/mol. The molecule has 0 spiro atoms. The van der Waals surface area contributed by atoms with Crippen molar-refractivity contribution in [2.45, 2.75) is 57.8 Å². The van der Waals surface area contributed by atoms with Crippen LogP contribution < -0.4 is 33.3 Å². The first kappa shape index (κ1) is 53.4. The summed E-state index contributed by atoms with van der Waals surface area (Å²) in [7, 11) is 10.3. The van der Waals surface area contributed by atoms with Crippen LogP contribution in [0.25, 0.3) is 34.9 Å². The highest BCUT2D eigenvalue weighted by atomic mass is 16.5. The average Bonchev–Trinajstić information content (AvgIpc) is 0.836. The van der Waals surface area contributed by atoms with E-state index in [0.29, 0.717) is 0 Å². The maximum Gasteiger partial charge on any atom is 0.118 e. The minimum absolute atomic E-state index is 0.450. The Balaban J connectivity index is 1.15. The first-order chi connectivity index (χ1) is 39.6. The van der Waals surface area contributed by atoms with E-state index in [1.165, 1.54) is 50.4 Å². The third-order valence-corrected chi connectivity index (χ3v) is 17.4. The Morgan fingerprint density at radius 3 is 0.573 bits per heavy atom. The van der Waals surface area contributed by atoms with Gasteiger partial charge in [0.05, 0.1) is 59.7 Å². The van der Waals surface area contributed by atoms with Crippen LogP contribution in [-0.4, -0.2) is 42.7 Å². The number of ether oxygens (including phenoxy) is 6. The number of hydrogen-bond acceptors (Lipinski definition) is 7. The van der Waals surface area contributed by atoms with Gasteiger partial charge in [0.25, 0.3) is 0 Å². The molecule has 0 bridgehead atoms. The lowest BCUT2D eigenvalue weighted by atomic mass is 9.60. The van der Waals surface area contributed by atoms with Gasteiger partial charge < -0.3 is 33.3 Å². The van der Waals surface area contributed by atoms with Gasteiger partial charge in [0.15, 0.2) is 0 Å². The fourth-order valence-electron chi connectivity index (χ4n) is 12.7. The fourth-order valence-corrected chi connectivity index (χ4v) is 12.7. The predicted octanol–water partition coefficient (Wildman–Crippen LogP) is 17.9. The summed E-state index contributed by atoms with van der Waals surface area (Å²) in [5.41, 5.74) is 23.3. The van der Waals surface area contributed by atoms with Crippen LogP contribution in [0.5, 0.6) is 34.5 Å². The largest absolute Gasteiger partial charge is 0.497 e. The van der Waals surface area contributed by atoms with Crippen LogP contribution in [0.3, 0.4) is 0 Å². The first-order valence-corrected chi connectivity index (χ1v) is 28.0.